The van der Waals surface area contributed by atoms with Gasteiger partial charge in [-0.15, -0.1) is 0 Å². The number of anilines is 1. The van der Waals surface area contributed by atoms with Crippen molar-refractivity contribution in [2.24, 2.45) is 5.92 Å². The van der Waals surface area contributed by atoms with E-state index in [9.17, 15) is 4.79 Å². The first kappa shape index (κ1) is 11.9. The zero-order chi connectivity index (χ0) is 12.3. The molecule has 0 amide bonds. The molecule has 0 spiro atoms. The summed E-state index contributed by atoms with van der Waals surface area (Å²) >= 11 is 0. The molecule has 2 rings (SSSR count). The van der Waals surface area contributed by atoms with Crippen molar-refractivity contribution < 1.29 is 14.3 Å². The van der Waals surface area contributed by atoms with Crippen molar-refractivity contribution in [3.8, 4) is 0 Å². The normalized spacial score (nSPS) is 20.6. The van der Waals surface area contributed by atoms with E-state index in [1.165, 1.54) is 0 Å². The fourth-order valence-electron chi connectivity index (χ4n) is 2.05. The number of hydrogen-bond acceptors (Lipinski definition) is 5. The number of aromatic carboxylic acids is 1. The number of carbonyl (C=O) groups is 1. The Morgan fingerprint density at radius 2 is 2.59 bits per heavy atom. The second-order valence-corrected chi connectivity index (χ2v) is 4.27. The fraction of sp³-hybridized carbons (Fsp3) is 0.636. The summed E-state index contributed by atoms with van der Waals surface area (Å²) in [5.41, 5.74) is -0.0610. The van der Waals surface area contributed by atoms with Crippen LogP contribution in [0.5, 0.6) is 0 Å². The lowest BCUT2D eigenvalue weighted by molar-refractivity contribution is 0.0690. The molecule has 1 fully saturated rings. The minimum atomic E-state index is -1.07. The van der Waals surface area contributed by atoms with Crippen molar-refractivity contribution >= 4 is 12.0 Å². The molecule has 1 atom stereocenters. The lowest BCUT2D eigenvalue weighted by atomic mass is 10.1. The van der Waals surface area contributed by atoms with Crippen LogP contribution in [0.2, 0.25) is 0 Å². The van der Waals surface area contributed by atoms with Crippen LogP contribution in [0.4, 0.5) is 6.01 Å². The third kappa shape index (κ3) is 2.97. The molecule has 2 N–H and O–H groups in total. The molecule has 94 valence electrons. The summed E-state index contributed by atoms with van der Waals surface area (Å²) < 4.78 is 5.02. The van der Waals surface area contributed by atoms with E-state index < -0.39 is 5.97 Å². The van der Waals surface area contributed by atoms with Gasteiger partial charge in [0.15, 0.2) is 5.69 Å². The first-order valence-corrected chi connectivity index (χ1v) is 5.84. The van der Waals surface area contributed by atoms with Crippen molar-refractivity contribution in [2.45, 2.75) is 13.3 Å². The molecule has 1 aromatic heterocycles. The van der Waals surface area contributed by atoms with E-state index in [1.807, 2.05) is 0 Å². The maximum absolute atomic E-state index is 10.6. The van der Waals surface area contributed by atoms with E-state index in [1.54, 1.807) is 0 Å². The molecule has 6 heteroatoms. The molecule has 0 saturated carbocycles. The third-order valence-electron chi connectivity index (χ3n) is 3.08. The van der Waals surface area contributed by atoms with Crippen molar-refractivity contribution in [1.29, 1.82) is 0 Å². The predicted molar refractivity (Wildman–Crippen MR) is 62.2 cm³/mol. The Balaban J connectivity index is 1.80. The molecular formula is C11H17N3O3. The van der Waals surface area contributed by atoms with Gasteiger partial charge < -0.3 is 19.7 Å². The first-order chi connectivity index (χ1) is 8.19. The Bertz CT molecular complexity index is 391. The van der Waals surface area contributed by atoms with Crippen LogP contribution < -0.4 is 5.32 Å². The molecule has 17 heavy (non-hydrogen) atoms. The minimum absolute atomic E-state index is 0.0610. The van der Waals surface area contributed by atoms with Crippen LogP contribution in [-0.4, -0.2) is 47.1 Å². The molecule has 1 aliphatic heterocycles. The number of nitrogens with zero attached hydrogens (tertiary/aromatic N) is 2. The second kappa shape index (κ2) is 5.18. The van der Waals surface area contributed by atoms with Gasteiger partial charge in [-0.25, -0.2) is 4.79 Å². The van der Waals surface area contributed by atoms with E-state index >= 15 is 0 Å². The van der Waals surface area contributed by atoms with Crippen LogP contribution in [-0.2, 0) is 0 Å². The van der Waals surface area contributed by atoms with Crippen LogP contribution in [0.1, 0.15) is 23.8 Å². The molecule has 1 saturated heterocycles. The van der Waals surface area contributed by atoms with Crippen molar-refractivity contribution in [3.63, 3.8) is 0 Å². The van der Waals surface area contributed by atoms with E-state index in [-0.39, 0.29) is 11.7 Å². The number of nitrogens with one attached hydrogen (secondary N) is 1. The smallest absolute Gasteiger partial charge is 0.357 e. The summed E-state index contributed by atoms with van der Waals surface area (Å²) in [7, 11) is 0. The predicted octanol–water partition coefficient (Wildman–Crippen LogP) is 1.13. The van der Waals surface area contributed by atoms with Crippen LogP contribution in [0.25, 0.3) is 0 Å². The molecule has 2 heterocycles. The van der Waals surface area contributed by atoms with Gasteiger partial charge in [-0.3, -0.25) is 0 Å². The molecular weight excluding hydrogens is 222 g/mol. The molecule has 0 aliphatic carbocycles. The average molecular weight is 239 g/mol. The minimum Gasteiger partial charge on any atom is -0.476 e. The topological polar surface area (TPSA) is 78.6 Å². The molecule has 1 aromatic rings. The Kier molecular flexibility index (Phi) is 3.63. The van der Waals surface area contributed by atoms with Gasteiger partial charge in [0.25, 0.3) is 6.01 Å². The maximum atomic E-state index is 10.6. The summed E-state index contributed by atoms with van der Waals surface area (Å²) in [4.78, 5) is 16.8. The number of oxazole rings is 1. The highest BCUT2D eigenvalue weighted by Crippen LogP contribution is 2.16. The third-order valence-corrected chi connectivity index (χ3v) is 3.08. The molecule has 0 aromatic carbocycles. The van der Waals surface area contributed by atoms with Crippen LogP contribution in [0, 0.1) is 5.92 Å². The lowest BCUT2D eigenvalue weighted by Crippen LogP contribution is -2.22. The van der Waals surface area contributed by atoms with Gasteiger partial charge in [0.2, 0.25) is 0 Å². The number of likely N-dealkylation sites (tertiary alicyclic amines) is 1. The zero-order valence-corrected chi connectivity index (χ0v) is 9.85. The van der Waals surface area contributed by atoms with Gasteiger partial charge >= 0.3 is 5.97 Å². The molecule has 0 radical (unpaired) electrons. The van der Waals surface area contributed by atoms with Crippen LogP contribution in [0.15, 0.2) is 10.7 Å². The highest BCUT2D eigenvalue weighted by atomic mass is 16.4. The standard InChI is InChI=1S/C11H17N3O3/c1-2-14-4-3-8(6-14)5-12-11-13-9(7-17-11)10(15)16/h7-8H,2-6H2,1H3,(H,12,13)(H,15,16). The largest absolute Gasteiger partial charge is 0.476 e. The molecule has 0 bridgehead atoms. The lowest BCUT2D eigenvalue weighted by Gasteiger charge is -2.12. The summed E-state index contributed by atoms with van der Waals surface area (Å²) in [6, 6.07) is 0.289. The van der Waals surface area contributed by atoms with Crippen molar-refractivity contribution in [2.75, 3.05) is 31.5 Å². The van der Waals surface area contributed by atoms with Gasteiger partial charge in [-0.2, -0.15) is 4.98 Å². The second-order valence-electron chi connectivity index (χ2n) is 4.27. The summed E-state index contributed by atoms with van der Waals surface area (Å²) in [5.74, 6) is -0.491. The fourth-order valence-corrected chi connectivity index (χ4v) is 2.05. The SMILES string of the molecule is CCN1CCC(CNc2nc(C(=O)O)co2)C1. The number of hydrogen-bond donors (Lipinski definition) is 2. The molecule has 6 nitrogen and oxygen atoms in total. The maximum Gasteiger partial charge on any atom is 0.357 e. The highest BCUT2D eigenvalue weighted by Gasteiger charge is 2.21. The van der Waals surface area contributed by atoms with Gasteiger partial charge in [0.05, 0.1) is 0 Å². The van der Waals surface area contributed by atoms with Crippen LogP contribution >= 0.6 is 0 Å². The summed E-state index contributed by atoms with van der Waals surface area (Å²) in [5, 5.41) is 11.7. The molecule has 1 unspecified atom stereocenters. The number of aromatic nitrogens is 1. The number of rotatable bonds is 5. The van der Waals surface area contributed by atoms with Gasteiger partial charge in [-0.1, -0.05) is 6.92 Å². The summed E-state index contributed by atoms with van der Waals surface area (Å²) in [6.45, 7) is 6.22. The Morgan fingerprint density at radius 1 is 1.76 bits per heavy atom. The number of carboxylic acid groups (broad SMARTS) is 1. The van der Waals surface area contributed by atoms with E-state index in [2.05, 4.69) is 22.1 Å². The number of carboxylic acids is 1. The van der Waals surface area contributed by atoms with E-state index in [0.29, 0.717) is 5.92 Å². The summed E-state index contributed by atoms with van der Waals surface area (Å²) in [6.07, 6.45) is 2.31. The van der Waals surface area contributed by atoms with Crippen LogP contribution in [0.3, 0.4) is 0 Å². The monoisotopic (exact) mass is 239 g/mol. The van der Waals surface area contributed by atoms with Gasteiger partial charge in [0, 0.05) is 13.1 Å². The Labute approximate surface area is 99.6 Å². The van der Waals surface area contributed by atoms with Crippen molar-refractivity contribution in [1.82, 2.24) is 9.88 Å². The van der Waals surface area contributed by atoms with Gasteiger partial charge in [-0.05, 0) is 25.4 Å². The van der Waals surface area contributed by atoms with E-state index in [0.717, 1.165) is 38.9 Å². The van der Waals surface area contributed by atoms with Crippen molar-refractivity contribution in [3.05, 3.63) is 12.0 Å². The highest BCUT2D eigenvalue weighted by molar-refractivity contribution is 5.85. The first-order valence-electron chi connectivity index (χ1n) is 5.84. The van der Waals surface area contributed by atoms with E-state index in [4.69, 9.17) is 9.52 Å². The quantitative estimate of drug-likeness (QED) is 0.801. The average Bonchev–Trinajstić information content (AvgIpc) is 2.95. The zero-order valence-electron chi connectivity index (χ0n) is 9.85. The Morgan fingerprint density at radius 3 is 3.18 bits per heavy atom. The Hall–Kier alpha value is -1.56. The van der Waals surface area contributed by atoms with Gasteiger partial charge in [0.1, 0.15) is 6.26 Å². The molecule has 1 aliphatic rings.